The maximum atomic E-state index is 12.3. The summed E-state index contributed by atoms with van der Waals surface area (Å²) in [6.07, 6.45) is 1.54. The van der Waals surface area contributed by atoms with E-state index in [0.717, 1.165) is 19.5 Å². The summed E-state index contributed by atoms with van der Waals surface area (Å²) >= 11 is 0. The molecule has 0 saturated carbocycles. The van der Waals surface area contributed by atoms with Gasteiger partial charge in [-0.2, -0.15) is 0 Å². The number of benzene rings is 2. The van der Waals surface area contributed by atoms with Gasteiger partial charge >= 0.3 is 0 Å². The number of hydrogen-bond donors (Lipinski definition) is 1. The zero-order valence-electron chi connectivity index (χ0n) is 12.7. The minimum Gasteiger partial charge on any atom is -0.495 e. The van der Waals surface area contributed by atoms with Crippen molar-refractivity contribution in [3.63, 3.8) is 0 Å². The lowest BCUT2D eigenvalue weighted by Crippen LogP contribution is -2.23. The Kier molecular flexibility index (Phi) is 4.00. The fourth-order valence-electron chi connectivity index (χ4n) is 2.93. The summed E-state index contributed by atoms with van der Waals surface area (Å²) in [7, 11) is 1.57. The van der Waals surface area contributed by atoms with E-state index < -0.39 is 0 Å². The first-order chi connectivity index (χ1) is 10.7. The summed E-state index contributed by atoms with van der Waals surface area (Å²) < 4.78 is 5.12. The Labute approximate surface area is 130 Å². The van der Waals surface area contributed by atoms with Crippen molar-refractivity contribution in [2.24, 2.45) is 0 Å². The van der Waals surface area contributed by atoms with E-state index in [-0.39, 0.29) is 5.78 Å². The molecule has 0 unspecified atom stereocenters. The second-order valence-electron chi connectivity index (χ2n) is 5.50. The fraction of sp³-hybridized carbons (Fsp3) is 0.278. The quantitative estimate of drug-likeness (QED) is 0.681. The third kappa shape index (κ3) is 2.77. The molecule has 0 spiro atoms. The van der Waals surface area contributed by atoms with E-state index in [1.54, 1.807) is 25.3 Å². The van der Waals surface area contributed by atoms with Crippen LogP contribution in [0.1, 0.15) is 22.3 Å². The van der Waals surface area contributed by atoms with Crippen molar-refractivity contribution in [3.05, 3.63) is 53.6 Å². The maximum absolute atomic E-state index is 12.3. The topological polar surface area (TPSA) is 55.6 Å². The Morgan fingerprint density at radius 2 is 2.09 bits per heavy atom. The maximum Gasteiger partial charge on any atom is 0.164 e. The van der Waals surface area contributed by atoms with Crippen molar-refractivity contribution < 1.29 is 9.53 Å². The normalized spacial score (nSPS) is 13.0. The molecule has 1 aliphatic heterocycles. The van der Waals surface area contributed by atoms with Crippen LogP contribution in [0.3, 0.4) is 0 Å². The number of carbonyl (C=O) groups excluding carboxylic acids is 1. The molecule has 22 heavy (non-hydrogen) atoms. The van der Waals surface area contributed by atoms with Crippen molar-refractivity contribution >= 4 is 17.2 Å². The van der Waals surface area contributed by atoms with Crippen LogP contribution in [0.2, 0.25) is 0 Å². The number of nitrogens with zero attached hydrogens (tertiary/aromatic N) is 1. The first kappa shape index (κ1) is 14.4. The second-order valence-corrected chi connectivity index (χ2v) is 5.50. The number of rotatable bonds is 5. The highest BCUT2D eigenvalue weighted by molar-refractivity contribution is 5.97. The summed E-state index contributed by atoms with van der Waals surface area (Å²) in [5.41, 5.74) is 9.63. The number of para-hydroxylation sites is 1. The van der Waals surface area contributed by atoms with E-state index in [1.807, 2.05) is 6.07 Å². The molecule has 114 valence electrons. The number of fused-ring (bicyclic) bond motifs is 1. The number of carbonyl (C=O) groups is 1. The molecule has 4 nitrogen and oxygen atoms in total. The molecule has 2 aromatic rings. The third-order valence-corrected chi connectivity index (χ3v) is 4.14. The molecule has 0 fully saturated rings. The van der Waals surface area contributed by atoms with Gasteiger partial charge < -0.3 is 15.4 Å². The minimum absolute atomic E-state index is 0.110. The average molecular weight is 296 g/mol. The van der Waals surface area contributed by atoms with E-state index in [1.165, 1.54) is 11.3 Å². The number of hydrogen-bond acceptors (Lipinski definition) is 4. The van der Waals surface area contributed by atoms with Crippen LogP contribution in [0.25, 0.3) is 0 Å². The summed E-state index contributed by atoms with van der Waals surface area (Å²) in [5, 5.41) is 0. The molecular formula is C18H20N2O2. The summed E-state index contributed by atoms with van der Waals surface area (Å²) in [6, 6.07) is 13.6. The van der Waals surface area contributed by atoms with E-state index in [9.17, 15) is 4.79 Å². The van der Waals surface area contributed by atoms with Crippen LogP contribution in [0.4, 0.5) is 11.4 Å². The van der Waals surface area contributed by atoms with Crippen LogP contribution in [0, 0.1) is 0 Å². The molecule has 2 N–H and O–H groups in total. The lowest BCUT2D eigenvalue weighted by atomic mass is 10.1. The molecule has 0 radical (unpaired) electrons. The predicted molar refractivity (Wildman–Crippen MR) is 88.7 cm³/mol. The highest BCUT2D eigenvalue weighted by atomic mass is 16.5. The van der Waals surface area contributed by atoms with Crippen LogP contribution in [0.15, 0.2) is 42.5 Å². The first-order valence-corrected chi connectivity index (χ1v) is 7.48. The first-order valence-electron chi connectivity index (χ1n) is 7.48. The molecule has 0 bridgehead atoms. The van der Waals surface area contributed by atoms with E-state index in [0.29, 0.717) is 23.4 Å². The minimum atomic E-state index is 0.110. The molecule has 0 amide bonds. The number of Topliss-reactive ketones (excluding diaryl/α,β-unsaturated/α-hetero) is 1. The van der Waals surface area contributed by atoms with E-state index >= 15 is 0 Å². The van der Waals surface area contributed by atoms with Gasteiger partial charge in [-0.1, -0.05) is 18.2 Å². The van der Waals surface area contributed by atoms with Gasteiger partial charge in [0.1, 0.15) is 5.75 Å². The summed E-state index contributed by atoms with van der Waals surface area (Å²) in [4.78, 5) is 14.6. The van der Waals surface area contributed by atoms with Crippen molar-refractivity contribution in [3.8, 4) is 5.75 Å². The van der Waals surface area contributed by atoms with Crippen molar-refractivity contribution in [2.75, 3.05) is 30.8 Å². The second kappa shape index (κ2) is 6.10. The van der Waals surface area contributed by atoms with Gasteiger partial charge in [0, 0.05) is 30.8 Å². The summed E-state index contributed by atoms with van der Waals surface area (Å²) in [6.45, 7) is 1.72. The fourth-order valence-corrected chi connectivity index (χ4v) is 2.93. The molecule has 3 rings (SSSR count). The Morgan fingerprint density at radius 1 is 1.27 bits per heavy atom. The highest BCUT2D eigenvalue weighted by Gasteiger charge is 2.19. The van der Waals surface area contributed by atoms with Gasteiger partial charge in [-0.3, -0.25) is 4.79 Å². The van der Waals surface area contributed by atoms with Gasteiger partial charge in [-0.25, -0.2) is 0 Å². The van der Waals surface area contributed by atoms with Gasteiger partial charge in [0.15, 0.2) is 5.78 Å². The molecule has 1 aliphatic rings. The molecule has 1 heterocycles. The van der Waals surface area contributed by atoms with E-state index in [2.05, 4.69) is 23.1 Å². The zero-order valence-corrected chi connectivity index (χ0v) is 12.7. The lowest BCUT2D eigenvalue weighted by Gasteiger charge is -2.18. The largest absolute Gasteiger partial charge is 0.495 e. The molecule has 2 aromatic carbocycles. The Bertz CT molecular complexity index is 697. The van der Waals surface area contributed by atoms with Gasteiger partial charge in [-0.15, -0.1) is 0 Å². The SMILES string of the molecule is COc1ccc(C(=O)CCN2CCc3ccccc32)cc1N. The molecule has 4 heteroatoms. The van der Waals surface area contributed by atoms with Crippen molar-refractivity contribution in [2.45, 2.75) is 12.8 Å². The van der Waals surface area contributed by atoms with Crippen molar-refractivity contribution in [1.82, 2.24) is 0 Å². The highest BCUT2D eigenvalue weighted by Crippen LogP contribution is 2.28. The van der Waals surface area contributed by atoms with Crippen LogP contribution in [0.5, 0.6) is 5.75 Å². The van der Waals surface area contributed by atoms with Crippen LogP contribution in [-0.2, 0) is 6.42 Å². The number of methoxy groups -OCH3 is 1. The molecule has 0 aromatic heterocycles. The summed E-state index contributed by atoms with van der Waals surface area (Å²) in [5.74, 6) is 0.712. The monoisotopic (exact) mass is 296 g/mol. The van der Waals surface area contributed by atoms with Gasteiger partial charge in [0.2, 0.25) is 0 Å². The number of ether oxygens (including phenoxy) is 1. The van der Waals surface area contributed by atoms with Crippen LogP contribution < -0.4 is 15.4 Å². The molecular weight excluding hydrogens is 276 g/mol. The molecule has 0 saturated heterocycles. The standard InChI is InChI=1S/C18H20N2O2/c1-22-18-7-6-14(12-15(18)19)17(21)9-11-20-10-8-13-4-2-3-5-16(13)20/h2-7,12H,8-11,19H2,1H3. The predicted octanol–water partition coefficient (Wildman–Crippen LogP) is 2.91. The average Bonchev–Trinajstić information content (AvgIpc) is 2.95. The number of anilines is 2. The number of nitrogens with two attached hydrogens (primary N) is 1. The Morgan fingerprint density at radius 3 is 2.86 bits per heavy atom. The smallest absolute Gasteiger partial charge is 0.164 e. The Balaban J connectivity index is 1.65. The van der Waals surface area contributed by atoms with Gasteiger partial charge in [0.05, 0.1) is 12.8 Å². The third-order valence-electron chi connectivity index (χ3n) is 4.14. The van der Waals surface area contributed by atoms with Crippen molar-refractivity contribution in [1.29, 1.82) is 0 Å². The molecule has 0 atom stereocenters. The number of ketones is 1. The van der Waals surface area contributed by atoms with E-state index in [4.69, 9.17) is 10.5 Å². The number of nitrogen functional groups attached to an aromatic ring is 1. The zero-order chi connectivity index (χ0) is 15.5. The van der Waals surface area contributed by atoms with Gasteiger partial charge in [-0.05, 0) is 36.2 Å². The molecule has 0 aliphatic carbocycles. The van der Waals surface area contributed by atoms with Crippen LogP contribution in [-0.4, -0.2) is 26.0 Å². The van der Waals surface area contributed by atoms with Gasteiger partial charge in [0.25, 0.3) is 0 Å². The van der Waals surface area contributed by atoms with Crippen LogP contribution >= 0.6 is 0 Å². The lowest BCUT2D eigenvalue weighted by molar-refractivity contribution is 0.0984. The Hall–Kier alpha value is -2.49.